The minimum absolute atomic E-state index is 0.435. The Morgan fingerprint density at radius 3 is 2.39 bits per heavy atom. The average Bonchev–Trinajstić information content (AvgIpc) is 2.70. The Bertz CT molecular complexity index is 365. The molecule has 1 heterocycles. The number of nitrogens with one attached hydrogen (secondary N) is 1. The zero-order valence-electron chi connectivity index (χ0n) is 12.0. The van der Waals surface area contributed by atoms with Crippen LogP contribution in [0.1, 0.15) is 79.4 Å². The number of hydrogen-bond acceptors (Lipinski definition) is 3. The van der Waals surface area contributed by atoms with Gasteiger partial charge in [0.25, 0.3) is 0 Å². The van der Waals surface area contributed by atoms with Gasteiger partial charge in [-0.15, -0.1) is 11.3 Å². The molecule has 2 rings (SSSR count). The van der Waals surface area contributed by atoms with Crippen molar-refractivity contribution in [3.8, 4) is 0 Å². The number of aryl methyl sites for hydroxylation is 1. The Kier molecular flexibility index (Phi) is 5.19. The molecule has 1 aromatic heterocycles. The monoisotopic (exact) mass is 266 g/mol. The molecule has 18 heavy (non-hydrogen) atoms. The predicted octanol–water partition coefficient (Wildman–Crippen LogP) is 4.56. The maximum absolute atomic E-state index is 4.85. The van der Waals surface area contributed by atoms with Crippen molar-refractivity contribution in [1.29, 1.82) is 0 Å². The lowest BCUT2D eigenvalue weighted by molar-refractivity contribution is 0.454. The molecule has 1 aliphatic carbocycles. The SMILES string of the molecule is CNC(C)c1sc(C2CCCCCCC2)nc1C. The van der Waals surface area contributed by atoms with Gasteiger partial charge in [-0.05, 0) is 33.7 Å². The first-order valence-corrected chi connectivity index (χ1v) is 8.18. The number of aromatic nitrogens is 1. The van der Waals surface area contributed by atoms with E-state index in [2.05, 4.69) is 19.2 Å². The number of thiazole rings is 1. The Morgan fingerprint density at radius 1 is 1.17 bits per heavy atom. The molecule has 102 valence electrons. The van der Waals surface area contributed by atoms with Crippen LogP contribution in [0.5, 0.6) is 0 Å². The molecule has 1 atom stereocenters. The van der Waals surface area contributed by atoms with Gasteiger partial charge < -0.3 is 5.32 Å². The van der Waals surface area contributed by atoms with Gasteiger partial charge in [0.05, 0.1) is 10.7 Å². The van der Waals surface area contributed by atoms with Crippen molar-refractivity contribution in [2.24, 2.45) is 0 Å². The normalized spacial score (nSPS) is 20.4. The van der Waals surface area contributed by atoms with E-state index < -0.39 is 0 Å². The van der Waals surface area contributed by atoms with Crippen molar-refractivity contribution in [1.82, 2.24) is 10.3 Å². The zero-order chi connectivity index (χ0) is 13.0. The number of nitrogens with zero attached hydrogens (tertiary/aromatic N) is 1. The third kappa shape index (κ3) is 3.33. The summed E-state index contributed by atoms with van der Waals surface area (Å²) in [6, 6.07) is 0.435. The highest BCUT2D eigenvalue weighted by Crippen LogP contribution is 2.36. The molecule has 0 saturated heterocycles. The van der Waals surface area contributed by atoms with Gasteiger partial charge >= 0.3 is 0 Å². The van der Waals surface area contributed by atoms with E-state index in [-0.39, 0.29) is 0 Å². The van der Waals surface area contributed by atoms with Crippen LogP contribution < -0.4 is 5.32 Å². The van der Waals surface area contributed by atoms with E-state index >= 15 is 0 Å². The second-order valence-corrected chi connectivity index (χ2v) is 6.62. The molecule has 1 saturated carbocycles. The van der Waals surface area contributed by atoms with Crippen molar-refractivity contribution in [3.63, 3.8) is 0 Å². The first-order chi connectivity index (χ1) is 8.72. The van der Waals surface area contributed by atoms with E-state index in [1.54, 1.807) is 0 Å². The first kappa shape index (κ1) is 14.0. The summed E-state index contributed by atoms with van der Waals surface area (Å²) in [4.78, 5) is 6.28. The molecular weight excluding hydrogens is 240 g/mol. The fourth-order valence-electron chi connectivity index (χ4n) is 2.84. The molecule has 1 aromatic rings. The second-order valence-electron chi connectivity index (χ2n) is 5.55. The minimum Gasteiger partial charge on any atom is -0.312 e. The Hall–Kier alpha value is -0.410. The van der Waals surface area contributed by atoms with Crippen LogP contribution in [-0.4, -0.2) is 12.0 Å². The van der Waals surface area contributed by atoms with Gasteiger partial charge in [-0.2, -0.15) is 0 Å². The average molecular weight is 266 g/mol. The lowest BCUT2D eigenvalue weighted by Crippen LogP contribution is -2.11. The van der Waals surface area contributed by atoms with Crippen molar-refractivity contribution < 1.29 is 0 Å². The van der Waals surface area contributed by atoms with Crippen molar-refractivity contribution in [3.05, 3.63) is 15.6 Å². The van der Waals surface area contributed by atoms with Crippen molar-refractivity contribution >= 4 is 11.3 Å². The summed E-state index contributed by atoms with van der Waals surface area (Å²) in [6.07, 6.45) is 9.74. The zero-order valence-corrected chi connectivity index (χ0v) is 12.8. The molecule has 1 N–H and O–H groups in total. The summed E-state index contributed by atoms with van der Waals surface area (Å²) in [5.41, 5.74) is 1.24. The maximum atomic E-state index is 4.85. The van der Waals surface area contributed by atoms with Gasteiger partial charge in [0.2, 0.25) is 0 Å². The number of rotatable bonds is 3. The van der Waals surface area contributed by atoms with Crippen molar-refractivity contribution in [2.45, 2.75) is 70.8 Å². The molecule has 0 amide bonds. The van der Waals surface area contributed by atoms with Crippen LogP contribution in [0.2, 0.25) is 0 Å². The molecule has 0 bridgehead atoms. The molecule has 1 unspecified atom stereocenters. The third-order valence-corrected chi connectivity index (χ3v) is 5.63. The standard InChI is InChI=1S/C15H26N2S/c1-11(16-3)14-12(2)17-15(18-14)13-9-7-5-4-6-8-10-13/h11,13,16H,4-10H2,1-3H3. The lowest BCUT2D eigenvalue weighted by Gasteiger charge is -2.17. The molecule has 2 nitrogen and oxygen atoms in total. The lowest BCUT2D eigenvalue weighted by atomic mass is 9.92. The van der Waals surface area contributed by atoms with Crippen LogP contribution in [0, 0.1) is 6.92 Å². The van der Waals surface area contributed by atoms with Crippen LogP contribution in [0.25, 0.3) is 0 Å². The molecule has 1 aliphatic rings. The van der Waals surface area contributed by atoms with E-state index in [4.69, 9.17) is 4.98 Å². The van der Waals surface area contributed by atoms with E-state index in [0.717, 1.165) is 5.92 Å². The second kappa shape index (κ2) is 6.67. The van der Waals surface area contributed by atoms with Crippen LogP contribution >= 0.6 is 11.3 Å². The van der Waals surface area contributed by atoms with E-state index in [1.165, 1.54) is 60.5 Å². The molecular formula is C15H26N2S. The van der Waals surface area contributed by atoms with Gasteiger partial charge in [0.1, 0.15) is 0 Å². The molecule has 1 fully saturated rings. The highest BCUT2D eigenvalue weighted by atomic mass is 32.1. The molecule has 0 aromatic carbocycles. The largest absolute Gasteiger partial charge is 0.312 e. The fourth-order valence-corrected chi connectivity index (χ4v) is 4.14. The summed E-state index contributed by atoms with van der Waals surface area (Å²) in [5.74, 6) is 0.729. The summed E-state index contributed by atoms with van der Waals surface area (Å²) in [5, 5.41) is 4.73. The van der Waals surface area contributed by atoms with E-state index in [1.807, 2.05) is 18.4 Å². The van der Waals surface area contributed by atoms with Gasteiger partial charge in [0.15, 0.2) is 0 Å². The minimum atomic E-state index is 0.435. The maximum Gasteiger partial charge on any atom is 0.0962 e. The van der Waals surface area contributed by atoms with E-state index in [0.29, 0.717) is 6.04 Å². The first-order valence-electron chi connectivity index (χ1n) is 7.37. The number of hydrogen-bond donors (Lipinski definition) is 1. The summed E-state index contributed by atoms with van der Waals surface area (Å²) in [6.45, 7) is 4.38. The van der Waals surface area contributed by atoms with Gasteiger partial charge in [-0.25, -0.2) is 4.98 Å². The highest BCUT2D eigenvalue weighted by molar-refractivity contribution is 7.11. The van der Waals surface area contributed by atoms with Crippen LogP contribution in [0.3, 0.4) is 0 Å². The smallest absolute Gasteiger partial charge is 0.0962 e. The highest BCUT2D eigenvalue weighted by Gasteiger charge is 2.20. The summed E-state index contributed by atoms with van der Waals surface area (Å²) >= 11 is 1.94. The van der Waals surface area contributed by atoms with Gasteiger partial charge in [0, 0.05) is 16.8 Å². The Balaban J connectivity index is 2.11. The van der Waals surface area contributed by atoms with E-state index in [9.17, 15) is 0 Å². The van der Waals surface area contributed by atoms with Crippen LogP contribution in [-0.2, 0) is 0 Å². The molecule has 0 aliphatic heterocycles. The Morgan fingerprint density at radius 2 is 1.78 bits per heavy atom. The predicted molar refractivity (Wildman–Crippen MR) is 79.4 cm³/mol. The van der Waals surface area contributed by atoms with Gasteiger partial charge in [-0.1, -0.05) is 32.1 Å². The fraction of sp³-hybridized carbons (Fsp3) is 0.800. The molecule has 3 heteroatoms. The third-order valence-electron chi connectivity index (χ3n) is 4.13. The Labute approximate surface area is 115 Å². The van der Waals surface area contributed by atoms with Crippen LogP contribution in [0.4, 0.5) is 0 Å². The quantitative estimate of drug-likeness (QED) is 0.867. The van der Waals surface area contributed by atoms with Crippen molar-refractivity contribution in [2.75, 3.05) is 7.05 Å². The topological polar surface area (TPSA) is 24.9 Å². The molecule has 0 spiro atoms. The summed E-state index contributed by atoms with van der Waals surface area (Å²) in [7, 11) is 2.03. The van der Waals surface area contributed by atoms with Crippen LogP contribution in [0.15, 0.2) is 0 Å². The molecule has 0 radical (unpaired) electrons. The summed E-state index contributed by atoms with van der Waals surface area (Å²) < 4.78 is 0. The van der Waals surface area contributed by atoms with Gasteiger partial charge in [-0.3, -0.25) is 0 Å².